The van der Waals surface area contributed by atoms with Crippen molar-refractivity contribution < 1.29 is 27.3 Å². The summed E-state index contributed by atoms with van der Waals surface area (Å²) in [6, 6.07) is 5.56. The van der Waals surface area contributed by atoms with E-state index in [0.717, 1.165) is 23.9 Å². The second-order valence-electron chi connectivity index (χ2n) is 4.61. The second-order valence-corrected chi connectivity index (χ2v) is 5.59. The minimum Gasteiger partial charge on any atom is -0.468 e. The van der Waals surface area contributed by atoms with E-state index in [1.165, 1.54) is 6.26 Å². The molecule has 0 aliphatic rings. The number of anilines is 1. The number of amides is 1. The number of benzene rings is 1. The van der Waals surface area contributed by atoms with E-state index in [-0.39, 0.29) is 5.75 Å². The highest BCUT2D eigenvalue weighted by Gasteiger charge is 2.35. The number of nitro benzene ring substituents is 1. The number of halogens is 3. The van der Waals surface area contributed by atoms with Gasteiger partial charge < -0.3 is 9.73 Å². The van der Waals surface area contributed by atoms with Crippen molar-refractivity contribution in [3.63, 3.8) is 0 Å². The number of nitrogens with one attached hydrogen (secondary N) is 1. The first kappa shape index (κ1) is 17.9. The molecule has 0 atom stereocenters. The van der Waals surface area contributed by atoms with Crippen molar-refractivity contribution >= 4 is 29.0 Å². The van der Waals surface area contributed by atoms with Crippen molar-refractivity contribution in [2.24, 2.45) is 0 Å². The molecule has 0 unspecified atom stereocenters. The minimum absolute atomic E-state index is 0.0883. The molecule has 0 saturated carbocycles. The lowest BCUT2D eigenvalue weighted by molar-refractivity contribution is -0.385. The van der Waals surface area contributed by atoms with Crippen LogP contribution in [-0.4, -0.2) is 16.6 Å². The summed E-state index contributed by atoms with van der Waals surface area (Å²) in [6.07, 6.45) is -3.35. The molecule has 1 N–H and O–H groups in total. The third-order valence-electron chi connectivity index (χ3n) is 2.85. The molecular formula is C14H11F3N2O4S. The predicted octanol–water partition coefficient (Wildman–Crippen LogP) is 4.08. The lowest BCUT2D eigenvalue weighted by atomic mass is 10.1. The maximum absolute atomic E-state index is 13.0. The molecule has 2 rings (SSSR count). The molecule has 10 heteroatoms. The average Bonchev–Trinajstić information content (AvgIpc) is 2.99. The van der Waals surface area contributed by atoms with Gasteiger partial charge in [-0.1, -0.05) is 0 Å². The highest BCUT2D eigenvalue weighted by atomic mass is 32.2. The Morgan fingerprint density at radius 1 is 1.33 bits per heavy atom. The maximum atomic E-state index is 13.0. The average molecular weight is 360 g/mol. The summed E-state index contributed by atoms with van der Waals surface area (Å²) in [5.41, 5.74) is -2.48. The molecule has 0 aliphatic carbocycles. The Hall–Kier alpha value is -2.49. The quantitative estimate of drug-likeness (QED) is 0.620. The molecule has 0 saturated heterocycles. The van der Waals surface area contributed by atoms with Crippen LogP contribution in [0.1, 0.15) is 11.3 Å². The van der Waals surface area contributed by atoms with Crippen molar-refractivity contribution in [2.75, 3.05) is 11.1 Å². The van der Waals surface area contributed by atoms with Gasteiger partial charge in [0.1, 0.15) is 5.76 Å². The Bertz CT molecular complexity index is 732. The van der Waals surface area contributed by atoms with E-state index in [1.807, 2.05) is 0 Å². The van der Waals surface area contributed by atoms with Crippen LogP contribution in [0.2, 0.25) is 0 Å². The fourth-order valence-electron chi connectivity index (χ4n) is 1.81. The van der Waals surface area contributed by atoms with Crippen LogP contribution in [0.15, 0.2) is 41.0 Å². The molecule has 1 heterocycles. The molecule has 24 heavy (non-hydrogen) atoms. The third kappa shape index (κ3) is 4.75. The zero-order valence-electron chi connectivity index (χ0n) is 12.0. The molecule has 0 aliphatic heterocycles. The molecule has 0 spiro atoms. The van der Waals surface area contributed by atoms with Crippen molar-refractivity contribution in [2.45, 2.75) is 11.9 Å². The summed E-state index contributed by atoms with van der Waals surface area (Å²) >= 11 is 1.16. The van der Waals surface area contributed by atoms with Crippen LogP contribution in [-0.2, 0) is 16.7 Å². The van der Waals surface area contributed by atoms with E-state index in [2.05, 4.69) is 5.32 Å². The van der Waals surface area contributed by atoms with Crippen molar-refractivity contribution in [1.29, 1.82) is 0 Å². The van der Waals surface area contributed by atoms with Gasteiger partial charge in [-0.15, -0.1) is 11.8 Å². The zero-order chi connectivity index (χ0) is 17.7. The zero-order valence-corrected chi connectivity index (χ0v) is 12.8. The first-order chi connectivity index (χ1) is 11.3. The number of furan rings is 1. The third-order valence-corrected chi connectivity index (χ3v) is 3.81. The van der Waals surface area contributed by atoms with Crippen LogP contribution < -0.4 is 5.32 Å². The van der Waals surface area contributed by atoms with Crippen molar-refractivity contribution in [3.8, 4) is 0 Å². The smallest absolute Gasteiger partial charge is 0.418 e. The van der Waals surface area contributed by atoms with Gasteiger partial charge in [-0.3, -0.25) is 14.9 Å². The number of alkyl halides is 3. The van der Waals surface area contributed by atoms with Gasteiger partial charge in [-0.25, -0.2) is 0 Å². The van der Waals surface area contributed by atoms with Crippen molar-refractivity contribution in [3.05, 3.63) is 58.0 Å². The van der Waals surface area contributed by atoms with Crippen LogP contribution in [0.4, 0.5) is 24.5 Å². The summed E-state index contributed by atoms with van der Waals surface area (Å²) < 4.78 is 44.0. The Kier molecular flexibility index (Phi) is 5.50. The molecule has 0 fully saturated rings. The standard InChI is InChI=1S/C14H11F3N2O4S/c15-14(16,17)11-6-9(19(21)22)3-4-12(11)18-13(20)8-24-7-10-2-1-5-23-10/h1-6H,7-8H2,(H,18,20). The lowest BCUT2D eigenvalue weighted by Crippen LogP contribution is -2.18. The number of carbonyl (C=O) groups is 1. The fraction of sp³-hybridized carbons (Fsp3) is 0.214. The summed E-state index contributed by atoms with van der Waals surface area (Å²) in [4.78, 5) is 21.5. The molecule has 1 aromatic carbocycles. The maximum Gasteiger partial charge on any atom is 0.418 e. The molecule has 0 bridgehead atoms. The number of nitro groups is 1. The molecule has 0 radical (unpaired) electrons. The normalized spacial score (nSPS) is 11.3. The highest BCUT2D eigenvalue weighted by Crippen LogP contribution is 2.37. The van der Waals surface area contributed by atoms with Gasteiger partial charge in [-0.05, 0) is 18.2 Å². The van der Waals surface area contributed by atoms with E-state index >= 15 is 0 Å². The number of hydrogen-bond donors (Lipinski definition) is 1. The molecule has 6 nitrogen and oxygen atoms in total. The summed E-state index contributed by atoms with van der Waals surface area (Å²) in [5.74, 6) is 0.298. The van der Waals surface area contributed by atoms with E-state index in [0.29, 0.717) is 17.6 Å². The number of nitrogens with zero attached hydrogens (tertiary/aromatic N) is 1. The van der Waals surface area contributed by atoms with Gasteiger partial charge in [0.2, 0.25) is 5.91 Å². The van der Waals surface area contributed by atoms with Gasteiger partial charge in [0.05, 0.1) is 33.9 Å². The summed E-state index contributed by atoms with van der Waals surface area (Å²) in [7, 11) is 0. The number of hydrogen-bond acceptors (Lipinski definition) is 5. The first-order valence-corrected chi connectivity index (χ1v) is 7.68. The van der Waals surface area contributed by atoms with E-state index < -0.39 is 33.9 Å². The molecule has 1 aromatic heterocycles. The number of non-ortho nitro benzene ring substituents is 1. The van der Waals surface area contributed by atoms with E-state index in [9.17, 15) is 28.1 Å². The largest absolute Gasteiger partial charge is 0.468 e. The molecule has 2 aromatic rings. The number of carbonyl (C=O) groups excluding carboxylic acids is 1. The Balaban J connectivity index is 2.04. The SMILES string of the molecule is O=C(CSCc1ccco1)Nc1ccc([N+](=O)[O-])cc1C(F)(F)F. The van der Waals surface area contributed by atoms with E-state index in [4.69, 9.17) is 4.42 Å². The van der Waals surface area contributed by atoms with Gasteiger partial charge in [0.15, 0.2) is 0 Å². The topological polar surface area (TPSA) is 85.4 Å². The summed E-state index contributed by atoms with van der Waals surface area (Å²) in [6.45, 7) is 0. The van der Waals surface area contributed by atoms with Crippen LogP contribution in [0.3, 0.4) is 0 Å². The molecular weight excluding hydrogens is 349 g/mol. The Labute approximate surface area is 138 Å². The fourth-order valence-corrected chi connectivity index (χ4v) is 2.54. The van der Waals surface area contributed by atoms with Gasteiger partial charge >= 0.3 is 6.18 Å². The van der Waals surface area contributed by atoms with Crippen molar-refractivity contribution in [1.82, 2.24) is 0 Å². The number of thioether (sulfide) groups is 1. The second kappa shape index (κ2) is 7.39. The number of rotatable bonds is 6. The van der Waals surface area contributed by atoms with Crippen LogP contribution in [0.5, 0.6) is 0 Å². The van der Waals surface area contributed by atoms with Gasteiger partial charge in [0, 0.05) is 12.1 Å². The summed E-state index contributed by atoms with van der Waals surface area (Å²) in [5, 5.41) is 12.7. The molecule has 128 valence electrons. The van der Waals surface area contributed by atoms with E-state index in [1.54, 1.807) is 12.1 Å². The minimum atomic E-state index is -4.82. The van der Waals surface area contributed by atoms with Gasteiger partial charge in [-0.2, -0.15) is 13.2 Å². The van der Waals surface area contributed by atoms with Crippen LogP contribution in [0.25, 0.3) is 0 Å². The lowest BCUT2D eigenvalue weighted by Gasteiger charge is -2.13. The highest BCUT2D eigenvalue weighted by molar-refractivity contribution is 7.99. The first-order valence-electron chi connectivity index (χ1n) is 6.53. The monoisotopic (exact) mass is 360 g/mol. The van der Waals surface area contributed by atoms with Crippen LogP contribution >= 0.6 is 11.8 Å². The van der Waals surface area contributed by atoms with Gasteiger partial charge in [0.25, 0.3) is 5.69 Å². The van der Waals surface area contributed by atoms with Crippen LogP contribution in [0, 0.1) is 10.1 Å². The predicted molar refractivity (Wildman–Crippen MR) is 81.6 cm³/mol. The molecule has 1 amide bonds. The Morgan fingerprint density at radius 3 is 2.67 bits per heavy atom. The Morgan fingerprint density at radius 2 is 2.08 bits per heavy atom.